The molecule has 1 aliphatic heterocycles. The second-order valence-electron chi connectivity index (χ2n) is 3.83. The molecule has 0 bridgehead atoms. The number of hydrogen-bond donors (Lipinski definition) is 2. The number of aromatic nitrogens is 1. The fraction of sp³-hybridized carbons (Fsp3) is 0.455. The molecule has 1 atom stereocenters. The second-order valence-corrected chi connectivity index (χ2v) is 4.63. The number of ether oxygens (including phenoxy) is 1. The van der Waals surface area contributed by atoms with Crippen molar-refractivity contribution in [3.05, 3.63) is 21.8 Å². The van der Waals surface area contributed by atoms with Gasteiger partial charge in [0.1, 0.15) is 17.2 Å². The quantitative estimate of drug-likeness (QED) is 0.656. The van der Waals surface area contributed by atoms with Crippen LogP contribution in [0.3, 0.4) is 0 Å². The lowest BCUT2D eigenvalue weighted by Gasteiger charge is -2.24. The summed E-state index contributed by atoms with van der Waals surface area (Å²) in [5, 5.41) is 11.2. The molecule has 0 amide bonds. The largest absolute Gasteiger partial charge is 0.359 e. The Hall–Kier alpha value is -0.840. The SMILES string of the molecule is N=Cc1c(Cl)cc(Cl)nc1NC1CCCCO1. The minimum atomic E-state index is -0.0792. The Bertz CT molecular complexity index is 419. The smallest absolute Gasteiger partial charge is 0.140 e. The Balaban J connectivity index is 2.21. The molecule has 0 radical (unpaired) electrons. The van der Waals surface area contributed by atoms with Gasteiger partial charge in [-0.15, -0.1) is 0 Å². The number of pyridine rings is 1. The van der Waals surface area contributed by atoms with E-state index in [4.69, 9.17) is 33.3 Å². The summed E-state index contributed by atoms with van der Waals surface area (Å²) in [5.41, 5.74) is 0.533. The van der Waals surface area contributed by atoms with Gasteiger partial charge in [0.2, 0.25) is 0 Å². The van der Waals surface area contributed by atoms with Crippen LogP contribution < -0.4 is 5.32 Å². The molecule has 0 aliphatic carbocycles. The lowest BCUT2D eigenvalue weighted by Crippen LogP contribution is -2.28. The minimum absolute atomic E-state index is 0.0792. The van der Waals surface area contributed by atoms with Crippen LogP contribution in [0.25, 0.3) is 0 Å². The third-order valence-corrected chi connectivity index (χ3v) is 3.10. The molecular formula is C11H13Cl2N3O. The standard InChI is InChI=1S/C11H13Cl2N3O/c12-8-5-9(13)15-11(7(8)6-14)16-10-3-1-2-4-17-10/h5-6,10,14H,1-4H2,(H,15,16). The maximum absolute atomic E-state index is 7.34. The first-order valence-electron chi connectivity index (χ1n) is 5.45. The normalized spacial score (nSPS) is 20.0. The molecular weight excluding hydrogens is 261 g/mol. The highest BCUT2D eigenvalue weighted by Crippen LogP contribution is 2.26. The predicted octanol–water partition coefficient (Wildman–Crippen LogP) is 3.32. The van der Waals surface area contributed by atoms with E-state index in [2.05, 4.69) is 10.3 Å². The van der Waals surface area contributed by atoms with Crippen molar-refractivity contribution in [1.82, 2.24) is 4.98 Å². The van der Waals surface area contributed by atoms with E-state index in [-0.39, 0.29) is 6.23 Å². The van der Waals surface area contributed by atoms with Gasteiger partial charge in [-0.1, -0.05) is 23.2 Å². The summed E-state index contributed by atoms with van der Waals surface area (Å²) in [6.07, 6.45) is 4.20. The second kappa shape index (κ2) is 5.67. The highest BCUT2D eigenvalue weighted by molar-refractivity contribution is 6.36. The molecule has 1 fully saturated rings. The van der Waals surface area contributed by atoms with Gasteiger partial charge in [0, 0.05) is 12.8 Å². The van der Waals surface area contributed by atoms with E-state index in [1.165, 1.54) is 6.07 Å². The van der Waals surface area contributed by atoms with Crippen molar-refractivity contribution in [3.8, 4) is 0 Å². The predicted molar refractivity (Wildman–Crippen MR) is 69.4 cm³/mol. The third kappa shape index (κ3) is 3.09. The first-order valence-corrected chi connectivity index (χ1v) is 6.21. The zero-order valence-electron chi connectivity index (χ0n) is 9.17. The van der Waals surface area contributed by atoms with Gasteiger partial charge in [-0.25, -0.2) is 4.98 Å². The number of nitrogens with zero attached hydrogens (tertiary/aromatic N) is 1. The van der Waals surface area contributed by atoms with Crippen LogP contribution in [0.15, 0.2) is 6.07 Å². The van der Waals surface area contributed by atoms with Gasteiger partial charge in [-0.2, -0.15) is 0 Å². The molecule has 0 spiro atoms. The fourth-order valence-corrected chi connectivity index (χ4v) is 2.25. The van der Waals surface area contributed by atoms with Gasteiger partial charge in [0.05, 0.1) is 10.6 Å². The van der Waals surface area contributed by atoms with Crippen LogP contribution in [0.1, 0.15) is 24.8 Å². The number of nitrogens with one attached hydrogen (secondary N) is 2. The monoisotopic (exact) mass is 273 g/mol. The molecule has 2 heterocycles. The van der Waals surface area contributed by atoms with Crippen LogP contribution in [0.4, 0.5) is 5.82 Å². The third-order valence-electron chi connectivity index (χ3n) is 2.60. The van der Waals surface area contributed by atoms with E-state index in [1.807, 2.05) is 0 Å². The van der Waals surface area contributed by atoms with E-state index in [9.17, 15) is 0 Å². The fourth-order valence-electron chi connectivity index (χ4n) is 1.75. The Morgan fingerprint density at radius 1 is 1.47 bits per heavy atom. The van der Waals surface area contributed by atoms with Gasteiger partial charge in [0.25, 0.3) is 0 Å². The van der Waals surface area contributed by atoms with Gasteiger partial charge in [-0.05, 0) is 25.3 Å². The van der Waals surface area contributed by atoms with E-state index >= 15 is 0 Å². The Kier molecular flexibility index (Phi) is 4.20. The topological polar surface area (TPSA) is 58.0 Å². The zero-order valence-corrected chi connectivity index (χ0v) is 10.7. The van der Waals surface area contributed by atoms with Crippen LogP contribution in [0, 0.1) is 5.41 Å². The highest BCUT2D eigenvalue weighted by Gasteiger charge is 2.17. The molecule has 17 heavy (non-hydrogen) atoms. The molecule has 2 rings (SSSR count). The molecule has 4 nitrogen and oxygen atoms in total. The molecule has 0 aromatic carbocycles. The van der Waals surface area contributed by atoms with Crippen LogP contribution in [-0.2, 0) is 4.74 Å². The summed E-state index contributed by atoms with van der Waals surface area (Å²) < 4.78 is 5.55. The number of rotatable bonds is 3. The van der Waals surface area contributed by atoms with Gasteiger partial charge < -0.3 is 15.5 Å². The molecule has 1 aromatic heterocycles. The molecule has 1 aliphatic rings. The molecule has 2 N–H and O–H groups in total. The first kappa shape index (κ1) is 12.6. The molecule has 0 saturated carbocycles. The van der Waals surface area contributed by atoms with E-state index < -0.39 is 0 Å². The number of anilines is 1. The Morgan fingerprint density at radius 2 is 2.29 bits per heavy atom. The van der Waals surface area contributed by atoms with Crippen LogP contribution in [0.2, 0.25) is 10.2 Å². The van der Waals surface area contributed by atoms with Crippen molar-refractivity contribution >= 4 is 35.2 Å². The van der Waals surface area contributed by atoms with Gasteiger partial charge in [-0.3, -0.25) is 0 Å². The van der Waals surface area contributed by atoms with Crippen LogP contribution in [0.5, 0.6) is 0 Å². The molecule has 1 saturated heterocycles. The lowest BCUT2D eigenvalue weighted by atomic mass is 10.2. The summed E-state index contributed by atoms with van der Waals surface area (Å²) in [6, 6.07) is 1.52. The number of hydrogen-bond acceptors (Lipinski definition) is 4. The summed E-state index contributed by atoms with van der Waals surface area (Å²) >= 11 is 11.8. The van der Waals surface area contributed by atoms with Gasteiger partial charge >= 0.3 is 0 Å². The van der Waals surface area contributed by atoms with Crippen molar-refractivity contribution in [2.45, 2.75) is 25.5 Å². The zero-order chi connectivity index (χ0) is 12.3. The maximum atomic E-state index is 7.34. The summed E-state index contributed by atoms with van der Waals surface area (Å²) in [5.74, 6) is 0.504. The molecule has 1 aromatic rings. The minimum Gasteiger partial charge on any atom is -0.359 e. The van der Waals surface area contributed by atoms with Crippen molar-refractivity contribution in [1.29, 1.82) is 5.41 Å². The highest BCUT2D eigenvalue weighted by atomic mass is 35.5. The summed E-state index contributed by atoms with van der Waals surface area (Å²) in [7, 11) is 0. The Labute approximate surface area is 110 Å². The molecule has 92 valence electrons. The van der Waals surface area contributed by atoms with Gasteiger partial charge in [0.15, 0.2) is 0 Å². The van der Waals surface area contributed by atoms with Crippen LogP contribution in [-0.4, -0.2) is 24.0 Å². The maximum Gasteiger partial charge on any atom is 0.140 e. The van der Waals surface area contributed by atoms with Crippen LogP contribution >= 0.6 is 23.2 Å². The number of halogens is 2. The molecule has 6 heteroatoms. The van der Waals surface area contributed by atoms with Crippen molar-refractivity contribution in [2.75, 3.05) is 11.9 Å². The van der Waals surface area contributed by atoms with E-state index in [0.29, 0.717) is 21.6 Å². The van der Waals surface area contributed by atoms with Crippen molar-refractivity contribution < 1.29 is 4.74 Å². The van der Waals surface area contributed by atoms with Crippen molar-refractivity contribution in [3.63, 3.8) is 0 Å². The first-order chi connectivity index (χ1) is 8.20. The van der Waals surface area contributed by atoms with E-state index in [1.54, 1.807) is 0 Å². The van der Waals surface area contributed by atoms with E-state index in [0.717, 1.165) is 32.1 Å². The average molecular weight is 274 g/mol. The average Bonchev–Trinajstić information content (AvgIpc) is 2.30. The Morgan fingerprint density at radius 3 is 2.94 bits per heavy atom. The van der Waals surface area contributed by atoms with Crippen molar-refractivity contribution in [2.24, 2.45) is 0 Å². The summed E-state index contributed by atoms with van der Waals surface area (Å²) in [6.45, 7) is 0.742. The lowest BCUT2D eigenvalue weighted by molar-refractivity contribution is 0.0341. The molecule has 1 unspecified atom stereocenters. The summed E-state index contributed by atoms with van der Waals surface area (Å²) in [4.78, 5) is 4.14.